The lowest BCUT2D eigenvalue weighted by atomic mass is 10.0. The highest BCUT2D eigenvalue weighted by Crippen LogP contribution is 2.25. The van der Waals surface area contributed by atoms with E-state index in [2.05, 4.69) is 29.3 Å². The first-order valence-corrected chi connectivity index (χ1v) is 8.01. The van der Waals surface area contributed by atoms with E-state index in [4.69, 9.17) is 5.73 Å². The summed E-state index contributed by atoms with van der Waals surface area (Å²) in [6.07, 6.45) is 4.65. The van der Waals surface area contributed by atoms with Gasteiger partial charge in [-0.05, 0) is 68.3 Å². The van der Waals surface area contributed by atoms with Crippen molar-refractivity contribution in [3.05, 3.63) is 29.3 Å². The Bertz CT molecular complexity index is 527. The van der Waals surface area contributed by atoms with Crippen molar-refractivity contribution >= 4 is 11.6 Å². The SMILES string of the molecule is CC(N)C1CCN(CC(=O)Nc2ccc3c(c2)CCC3)C1. The molecule has 0 saturated carbocycles. The summed E-state index contributed by atoms with van der Waals surface area (Å²) >= 11 is 0. The Hall–Kier alpha value is -1.39. The molecule has 0 spiro atoms. The standard InChI is InChI=1S/C17H25N3O/c1-12(18)15-7-8-20(10-15)11-17(21)19-16-6-5-13-3-2-4-14(13)9-16/h5-6,9,12,15H,2-4,7-8,10-11,18H2,1H3,(H,19,21). The van der Waals surface area contributed by atoms with Gasteiger partial charge in [-0.1, -0.05) is 6.07 Å². The predicted octanol–water partition coefficient (Wildman–Crippen LogP) is 1.78. The quantitative estimate of drug-likeness (QED) is 0.887. The monoisotopic (exact) mass is 287 g/mol. The van der Waals surface area contributed by atoms with E-state index in [-0.39, 0.29) is 11.9 Å². The number of anilines is 1. The van der Waals surface area contributed by atoms with Gasteiger partial charge in [0.2, 0.25) is 5.91 Å². The minimum atomic E-state index is 0.0817. The van der Waals surface area contributed by atoms with Crippen LogP contribution in [0.1, 0.15) is 30.9 Å². The predicted molar refractivity (Wildman–Crippen MR) is 85.3 cm³/mol. The largest absolute Gasteiger partial charge is 0.328 e. The zero-order chi connectivity index (χ0) is 14.8. The normalized spacial score (nSPS) is 23.0. The third-order valence-electron chi connectivity index (χ3n) is 4.80. The van der Waals surface area contributed by atoms with Crippen molar-refractivity contribution in [1.82, 2.24) is 4.90 Å². The van der Waals surface area contributed by atoms with Crippen LogP contribution in [-0.4, -0.2) is 36.5 Å². The van der Waals surface area contributed by atoms with E-state index in [0.717, 1.165) is 31.6 Å². The van der Waals surface area contributed by atoms with Gasteiger partial charge in [0.05, 0.1) is 6.54 Å². The van der Waals surface area contributed by atoms with E-state index < -0.39 is 0 Å². The number of nitrogens with one attached hydrogen (secondary N) is 1. The van der Waals surface area contributed by atoms with Gasteiger partial charge >= 0.3 is 0 Å². The minimum Gasteiger partial charge on any atom is -0.328 e. The molecule has 1 aliphatic heterocycles. The third-order valence-corrected chi connectivity index (χ3v) is 4.80. The molecule has 1 aromatic rings. The van der Waals surface area contributed by atoms with E-state index in [9.17, 15) is 4.79 Å². The molecule has 2 aliphatic rings. The zero-order valence-corrected chi connectivity index (χ0v) is 12.8. The molecule has 1 aromatic carbocycles. The van der Waals surface area contributed by atoms with E-state index in [1.807, 2.05) is 6.07 Å². The first-order valence-electron chi connectivity index (χ1n) is 8.01. The number of hydrogen-bond acceptors (Lipinski definition) is 3. The Morgan fingerprint density at radius 2 is 2.24 bits per heavy atom. The van der Waals surface area contributed by atoms with Crippen molar-refractivity contribution in [2.24, 2.45) is 11.7 Å². The summed E-state index contributed by atoms with van der Waals surface area (Å²) in [5.74, 6) is 0.607. The molecule has 114 valence electrons. The number of fused-ring (bicyclic) bond motifs is 1. The summed E-state index contributed by atoms with van der Waals surface area (Å²) in [6, 6.07) is 6.53. The summed E-state index contributed by atoms with van der Waals surface area (Å²) in [7, 11) is 0. The molecule has 1 aliphatic carbocycles. The Labute approximate surface area is 126 Å². The molecule has 0 aromatic heterocycles. The molecule has 4 nitrogen and oxygen atoms in total. The van der Waals surface area contributed by atoms with Crippen LogP contribution < -0.4 is 11.1 Å². The first kappa shape index (κ1) is 14.5. The van der Waals surface area contributed by atoms with Gasteiger partial charge in [0, 0.05) is 18.3 Å². The number of rotatable bonds is 4. The smallest absolute Gasteiger partial charge is 0.238 e. The van der Waals surface area contributed by atoms with Crippen molar-refractivity contribution in [2.75, 3.05) is 25.0 Å². The maximum absolute atomic E-state index is 12.2. The van der Waals surface area contributed by atoms with Crippen LogP contribution in [0.25, 0.3) is 0 Å². The van der Waals surface area contributed by atoms with Gasteiger partial charge in [-0.2, -0.15) is 0 Å². The second-order valence-electron chi connectivity index (χ2n) is 6.53. The molecule has 2 unspecified atom stereocenters. The van der Waals surface area contributed by atoms with Crippen LogP contribution in [-0.2, 0) is 17.6 Å². The van der Waals surface area contributed by atoms with E-state index >= 15 is 0 Å². The average Bonchev–Trinajstić information content (AvgIpc) is 3.06. The number of hydrogen-bond donors (Lipinski definition) is 2. The summed E-state index contributed by atoms with van der Waals surface area (Å²) in [4.78, 5) is 14.4. The molecule has 1 saturated heterocycles. The van der Waals surface area contributed by atoms with Crippen molar-refractivity contribution in [3.63, 3.8) is 0 Å². The van der Waals surface area contributed by atoms with Gasteiger partial charge in [0.1, 0.15) is 0 Å². The molecule has 0 bridgehead atoms. The molecule has 21 heavy (non-hydrogen) atoms. The maximum atomic E-state index is 12.2. The van der Waals surface area contributed by atoms with Crippen molar-refractivity contribution in [2.45, 2.75) is 38.6 Å². The molecule has 1 heterocycles. The molecule has 3 N–H and O–H groups in total. The number of likely N-dealkylation sites (tertiary alicyclic amines) is 1. The molecular weight excluding hydrogens is 262 g/mol. The van der Waals surface area contributed by atoms with Gasteiger partial charge in [-0.3, -0.25) is 9.69 Å². The second-order valence-corrected chi connectivity index (χ2v) is 6.53. The molecular formula is C17H25N3O. The first-order chi connectivity index (χ1) is 10.1. The second kappa shape index (κ2) is 6.16. The van der Waals surface area contributed by atoms with Crippen molar-refractivity contribution < 1.29 is 4.79 Å². The highest BCUT2D eigenvalue weighted by atomic mass is 16.2. The van der Waals surface area contributed by atoms with Crippen LogP contribution in [0.2, 0.25) is 0 Å². The van der Waals surface area contributed by atoms with Crippen molar-refractivity contribution in [1.29, 1.82) is 0 Å². The number of amides is 1. The maximum Gasteiger partial charge on any atom is 0.238 e. The number of carbonyl (C=O) groups is 1. The highest BCUT2D eigenvalue weighted by Gasteiger charge is 2.26. The Morgan fingerprint density at radius 1 is 1.43 bits per heavy atom. The number of nitrogens with zero attached hydrogens (tertiary/aromatic N) is 1. The third kappa shape index (κ3) is 3.44. The van der Waals surface area contributed by atoms with E-state index in [1.54, 1.807) is 0 Å². The fourth-order valence-electron chi connectivity index (χ4n) is 3.49. The lowest BCUT2D eigenvalue weighted by Gasteiger charge is -2.17. The van der Waals surface area contributed by atoms with Crippen LogP contribution in [0.3, 0.4) is 0 Å². The summed E-state index contributed by atoms with van der Waals surface area (Å²) in [5.41, 5.74) is 9.70. The summed E-state index contributed by atoms with van der Waals surface area (Å²) in [6.45, 7) is 4.44. The van der Waals surface area contributed by atoms with Gasteiger partial charge in [0.15, 0.2) is 0 Å². The van der Waals surface area contributed by atoms with Crippen LogP contribution in [0, 0.1) is 5.92 Å². The van der Waals surface area contributed by atoms with Gasteiger partial charge in [0.25, 0.3) is 0 Å². The summed E-state index contributed by atoms with van der Waals surface area (Å²) < 4.78 is 0. The van der Waals surface area contributed by atoms with Crippen LogP contribution >= 0.6 is 0 Å². The number of aryl methyl sites for hydroxylation is 2. The van der Waals surface area contributed by atoms with Gasteiger partial charge in [-0.15, -0.1) is 0 Å². The zero-order valence-electron chi connectivity index (χ0n) is 12.8. The molecule has 2 atom stereocenters. The molecule has 4 heteroatoms. The number of nitrogens with two attached hydrogens (primary N) is 1. The number of carbonyl (C=O) groups excluding carboxylic acids is 1. The fraction of sp³-hybridized carbons (Fsp3) is 0.588. The van der Waals surface area contributed by atoms with E-state index in [0.29, 0.717) is 12.5 Å². The Balaban J connectivity index is 1.53. The fourth-order valence-corrected chi connectivity index (χ4v) is 3.49. The van der Waals surface area contributed by atoms with Gasteiger partial charge < -0.3 is 11.1 Å². The number of benzene rings is 1. The van der Waals surface area contributed by atoms with Crippen LogP contribution in [0.5, 0.6) is 0 Å². The Kier molecular flexibility index (Phi) is 4.27. The molecule has 1 amide bonds. The topological polar surface area (TPSA) is 58.4 Å². The molecule has 1 fully saturated rings. The highest BCUT2D eigenvalue weighted by molar-refractivity contribution is 5.92. The van der Waals surface area contributed by atoms with Gasteiger partial charge in [-0.25, -0.2) is 0 Å². The van der Waals surface area contributed by atoms with Crippen LogP contribution in [0.4, 0.5) is 5.69 Å². The Morgan fingerprint density at radius 3 is 3.00 bits per heavy atom. The minimum absolute atomic E-state index is 0.0817. The van der Waals surface area contributed by atoms with Crippen molar-refractivity contribution in [3.8, 4) is 0 Å². The van der Waals surface area contributed by atoms with Crippen LogP contribution in [0.15, 0.2) is 18.2 Å². The lowest BCUT2D eigenvalue weighted by molar-refractivity contribution is -0.117. The average molecular weight is 287 g/mol. The van der Waals surface area contributed by atoms with E-state index in [1.165, 1.54) is 24.0 Å². The lowest BCUT2D eigenvalue weighted by Crippen LogP contribution is -2.34. The summed E-state index contributed by atoms with van der Waals surface area (Å²) in [5, 5.41) is 3.03. The molecule has 0 radical (unpaired) electrons. The molecule has 3 rings (SSSR count).